The summed E-state index contributed by atoms with van der Waals surface area (Å²) in [5, 5.41) is 0. The van der Waals surface area contributed by atoms with Crippen molar-refractivity contribution in [3.05, 3.63) is 42.0 Å². The van der Waals surface area contributed by atoms with Gasteiger partial charge in [-0.25, -0.2) is 14.4 Å². The van der Waals surface area contributed by atoms with Crippen LogP contribution in [0.2, 0.25) is 0 Å². The van der Waals surface area contributed by atoms with Gasteiger partial charge in [0.2, 0.25) is 0 Å². The van der Waals surface area contributed by atoms with E-state index in [4.69, 9.17) is 4.74 Å². The molecule has 1 aromatic heterocycles. The number of aldehydes is 1. The molecule has 4 nitrogen and oxygen atoms in total. The summed E-state index contributed by atoms with van der Waals surface area (Å²) in [4.78, 5) is 18.7. The fraction of sp³-hybridized carbons (Fsp3) is 0.0833. The fourth-order valence-electron chi connectivity index (χ4n) is 1.44. The summed E-state index contributed by atoms with van der Waals surface area (Å²) in [7, 11) is 1.45. The first-order chi connectivity index (χ1) is 8.24. The second-order valence-electron chi connectivity index (χ2n) is 3.31. The largest absolute Gasteiger partial charge is 0.467 e. The van der Waals surface area contributed by atoms with E-state index in [1.807, 2.05) is 0 Å². The van der Waals surface area contributed by atoms with Crippen LogP contribution in [0.1, 0.15) is 10.4 Å². The third-order valence-corrected chi connectivity index (χ3v) is 2.26. The number of hydrogen-bond donors (Lipinski definition) is 0. The molecule has 1 aromatic carbocycles. The topological polar surface area (TPSA) is 52.1 Å². The lowest BCUT2D eigenvalue weighted by Crippen LogP contribution is -1.94. The molecule has 0 atom stereocenters. The molecule has 0 aliphatic carbocycles. The molecule has 0 fully saturated rings. The average Bonchev–Trinajstić information content (AvgIpc) is 2.39. The van der Waals surface area contributed by atoms with Gasteiger partial charge in [-0.05, 0) is 23.8 Å². The molecule has 2 rings (SSSR count). The number of nitrogens with zero attached hydrogens (tertiary/aromatic N) is 2. The molecule has 0 bridgehead atoms. The van der Waals surface area contributed by atoms with Crippen LogP contribution < -0.4 is 4.74 Å². The van der Waals surface area contributed by atoms with Crippen molar-refractivity contribution in [3.63, 3.8) is 0 Å². The molecule has 2 aromatic rings. The fourth-order valence-corrected chi connectivity index (χ4v) is 1.44. The zero-order valence-corrected chi connectivity index (χ0v) is 9.05. The van der Waals surface area contributed by atoms with Gasteiger partial charge in [-0.3, -0.25) is 4.79 Å². The number of methoxy groups -OCH3 is 1. The molecule has 1 heterocycles. The smallest absolute Gasteiger partial charge is 0.316 e. The van der Waals surface area contributed by atoms with Crippen molar-refractivity contribution >= 4 is 6.29 Å². The first-order valence-electron chi connectivity index (χ1n) is 4.85. The van der Waals surface area contributed by atoms with Gasteiger partial charge in [0.1, 0.15) is 5.82 Å². The lowest BCUT2D eigenvalue weighted by atomic mass is 10.0. The van der Waals surface area contributed by atoms with Gasteiger partial charge in [-0.15, -0.1) is 0 Å². The summed E-state index contributed by atoms with van der Waals surface area (Å²) in [5.41, 5.74) is 1.41. The Hall–Kier alpha value is -2.30. The van der Waals surface area contributed by atoms with Gasteiger partial charge < -0.3 is 4.74 Å². The molecule has 86 valence electrons. The number of ether oxygens (including phenoxy) is 1. The number of carbonyl (C=O) groups is 1. The minimum absolute atomic E-state index is 0.220. The van der Waals surface area contributed by atoms with Crippen LogP contribution in [0, 0.1) is 5.82 Å². The van der Waals surface area contributed by atoms with Crippen molar-refractivity contribution in [1.82, 2.24) is 9.97 Å². The molecule has 0 radical (unpaired) electrons. The van der Waals surface area contributed by atoms with Crippen LogP contribution >= 0.6 is 0 Å². The van der Waals surface area contributed by atoms with E-state index in [2.05, 4.69) is 9.97 Å². The minimum atomic E-state index is -0.415. The first kappa shape index (κ1) is 11.2. The van der Waals surface area contributed by atoms with Crippen LogP contribution in [0.3, 0.4) is 0 Å². The lowest BCUT2D eigenvalue weighted by molar-refractivity contribution is 0.112. The number of hydrogen-bond acceptors (Lipinski definition) is 4. The van der Waals surface area contributed by atoms with E-state index in [1.54, 1.807) is 0 Å². The summed E-state index contributed by atoms with van der Waals surface area (Å²) in [6, 6.07) is 4.15. The zero-order valence-electron chi connectivity index (χ0n) is 9.05. The van der Waals surface area contributed by atoms with E-state index < -0.39 is 5.82 Å². The Kier molecular flexibility index (Phi) is 3.09. The number of aromatic nitrogens is 2. The van der Waals surface area contributed by atoms with Crippen LogP contribution in [-0.2, 0) is 0 Å². The summed E-state index contributed by atoms with van der Waals surface area (Å²) < 4.78 is 18.0. The second-order valence-corrected chi connectivity index (χ2v) is 3.31. The molecular formula is C12H9FN2O2. The van der Waals surface area contributed by atoms with Gasteiger partial charge in [0.05, 0.1) is 7.11 Å². The molecular weight excluding hydrogens is 223 g/mol. The maximum absolute atomic E-state index is 13.1. The monoisotopic (exact) mass is 232 g/mol. The summed E-state index contributed by atoms with van der Waals surface area (Å²) in [5.74, 6) is -0.415. The average molecular weight is 232 g/mol. The van der Waals surface area contributed by atoms with E-state index in [-0.39, 0.29) is 6.01 Å². The van der Waals surface area contributed by atoms with Gasteiger partial charge in [0, 0.05) is 23.5 Å². The van der Waals surface area contributed by atoms with E-state index in [1.165, 1.54) is 37.7 Å². The molecule has 5 heteroatoms. The van der Waals surface area contributed by atoms with Gasteiger partial charge >= 0.3 is 6.01 Å². The molecule has 0 unspecified atom stereocenters. The molecule has 0 saturated heterocycles. The predicted molar refractivity (Wildman–Crippen MR) is 59.4 cm³/mol. The third kappa shape index (κ3) is 2.28. The highest BCUT2D eigenvalue weighted by molar-refractivity contribution is 5.87. The van der Waals surface area contributed by atoms with Crippen molar-refractivity contribution in [2.24, 2.45) is 0 Å². The Morgan fingerprint density at radius 2 is 2.00 bits per heavy atom. The van der Waals surface area contributed by atoms with Crippen LogP contribution in [0.15, 0.2) is 30.6 Å². The molecule has 17 heavy (non-hydrogen) atoms. The van der Waals surface area contributed by atoms with E-state index in [9.17, 15) is 9.18 Å². The predicted octanol–water partition coefficient (Wildman–Crippen LogP) is 2.10. The van der Waals surface area contributed by atoms with Crippen molar-refractivity contribution < 1.29 is 13.9 Å². The van der Waals surface area contributed by atoms with Crippen LogP contribution in [-0.4, -0.2) is 23.4 Å². The number of rotatable bonds is 3. The molecule has 0 spiro atoms. The van der Waals surface area contributed by atoms with Gasteiger partial charge in [-0.2, -0.15) is 0 Å². The SMILES string of the molecule is COc1ncc(-c2cc(F)ccc2C=O)cn1. The van der Waals surface area contributed by atoms with E-state index in [0.29, 0.717) is 23.0 Å². The van der Waals surface area contributed by atoms with E-state index >= 15 is 0 Å². The molecule has 0 aliphatic heterocycles. The summed E-state index contributed by atoms with van der Waals surface area (Å²) in [6.45, 7) is 0. The van der Waals surface area contributed by atoms with Crippen molar-refractivity contribution in [2.45, 2.75) is 0 Å². The molecule has 0 aliphatic rings. The Bertz CT molecular complexity index is 541. The zero-order chi connectivity index (χ0) is 12.3. The highest BCUT2D eigenvalue weighted by Crippen LogP contribution is 2.23. The maximum Gasteiger partial charge on any atom is 0.316 e. The Labute approximate surface area is 97.1 Å². The van der Waals surface area contributed by atoms with E-state index in [0.717, 1.165) is 0 Å². The number of carbonyl (C=O) groups excluding carboxylic acids is 1. The highest BCUT2D eigenvalue weighted by atomic mass is 19.1. The quantitative estimate of drug-likeness (QED) is 0.760. The highest BCUT2D eigenvalue weighted by Gasteiger charge is 2.07. The Morgan fingerprint density at radius 1 is 1.29 bits per heavy atom. The van der Waals surface area contributed by atoms with Crippen molar-refractivity contribution in [1.29, 1.82) is 0 Å². The van der Waals surface area contributed by atoms with Gasteiger partial charge in [-0.1, -0.05) is 0 Å². The van der Waals surface area contributed by atoms with Crippen LogP contribution in [0.4, 0.5) is 4.39 Å². The number of halogens is 1. The Morgan fingerprint density at radius 3 is 2.59 bits per heavy atom. The third-order valence-electron chi connectivity index (χ3n) is 2.26. The maximum atomic E-state index is 13.1. The van der Waals surface area contributed by atoms with Crippen LogP contribution in [0.5, 0.6) is 6.01 Å². The summed E-state index contributed by atoms with van der Waals surface area (Å²) >= 11 is 0. The normalized spacial score (nSPS) is 10.0. The van der Waals surface area contributed by atoms with Crippen molar-refractivity contribution in [2.75, 3.05) is 7.11 Å². The first-order valence-corrected chi connectivity index (χ1v) is 4.85. The van der Waals surface area contributed by atoms with Gasteiger partial charge in [0.15, 0.2) is 6.29 Å². The molecule has 0 saturated carbocycles. The molecule has 0 amide bonds. The lowest BCUT2D eigenvalue weighted by Gasteiger charge is -2.05. The summed E-state index contributed by atoms with van der Waals surface area (Å²) in [6.07, 6.45) is 3.63. The number of benzene rings is 1. The standard InChI is InChI=1S/C12H9FN2O2/c1-17-12-14-5-9(6-15-12)11-4-10(13)3-2-8(11)7-16/h2-7H,1H3. The van der Waals surface area contributed by atoms with Gasteiger partial charge in [0.25, 0.3) is 0 Å². The van der Waals surface area contributed by atoms with Crippen LogP contribution in [0.25, 0.3) is 11.1 Å². The minimum Gasteiger partial charge on any atom is -0.467 e. The second kappa shape index (κ2) is 4.69. The van der Waals surface area contributed by atoms with Crippen molar-refractivity contribution in [3.8, 4) is 17.1 Å². The molecule has 0 N–H and O–H groups in total. The Balaban J connectivity index is 2.50.